The van der Waals surface area contributed by atoms with Crippen molar-refractivity contribution in [2.45, 2.75) is 45.1 Å². The van der Waals surface area contributed by atoms with Gasteiger partial charge < -0.3 is 5.11 Å². The monoisotopic (exact) mass is 250 g/mol. The molecule has 2 rings (SSSR count). The summed E-state index contributed by atoms with van der Waals surface area (Å²) in [5, 5.41) is 10.9. The zero-order chi connectivity index (χ0) is 12.3. The van der Waals surface area contributed by atoms with Crippen molar-refractivity contribution in [3.05, 3.63) is 46.0 Å². The molecule has 1 aromatic rings. The third-order valence-electron chi connectivity index (χ3n) is 3.42. The maximum absolute atomic E-state index is 10.2. The van der Waals surface area contributed by atoms with E-state index in [1.54, 1.807) is 0 Å². The van der Waals surface area contributed by atoms with Crippen molar-refractivity contribution in [1.29, 1.82) is 0 Å². The number of allylic oxidation sites excluding steroid dienone is 1. The number of benzene rings is 1. The van der Waals surface area contributed by atoms with Crippen LogP contribution >= 0.6 is 11.6 Å². The van der Waals surface area contributed by atoms with Crippen LogP contribution in [0.2, 0.25) is 5.02 Å². The quantitative estimate of drug-likeness (QED) is 0.779. The number of rotatable bonds is 3. The van der Waals surface area contributed by atoms with Crippen LogP contribution in [0.1, 0.15) is 49.3 Å². The number of hydrogen-bond acceptors (Lipinski definition) is 1. The Bertz CT molecular complexity index is 423. The standard InChI is InChI=1S/C15H19ClO/c1-11-7-8-13(10-14(11)16)15(17)9-12-5-3-2-4-6-12/h5,7-8,10,15,17H,2-4,6,9H2,1H3. The van der Waals surface area contributed by atoms with Crippen molar-refractivity contribution < 1.29 is 5.11 Å². The van der Waals surface area contributed by atoms with Gasteiger partial charge in [0.05, 0.1) is 6.10 Å². The number of halogens is 1. The van der Waals surface area contributed by atoms with E-state index < -0.39 is 6.10 Å². The molecule has 1 aliphatic carbocycles. The van der Waals surface area contributed by atoms with Gasteiger partial charge in [-0.1, -0.05) is 35.4 Å². The molecule has 1 aliphatic rings. The minimum absolute atomic E-state index is 0.419. The van der Waals surface area contributed by atoms with E-state index >= 15 is 0 Å². The van der Waals surface area contributed by atoms with Crippen LogP contribution < -0.4 is 0 Å². The summed E-state index contributed by atoms with van der Waals surface area (Å²) in [7, 11) is 0. The third kappa shape index (κ3) is 3.34. The first kappa shape index (κ1) is 12.7. The molecule has 1 nitrogen and oxygen atoms in total. The van der Waals surface area contributed by atoms with E-state index in [-0.39, 0.29) is 0 Å². The average Bonchev–Trinajstić information content (AvgIpc) is 2.34. The van der Waals surface area contributed by atoms with Gasteiger partial charge in [-0.05, 0) is 56.2 Å². The van der Waals surface area contributed by atoms with Gasteiger partial charge in [-0.3, -0.25) is 0 Å². The lowest BCUT2D eigenvalue weighted by Crippen LogP contribution is -2.02. The second kappa shape index (κ2) is 5.70. The Balaban J connectivity index is 2.06. The van der Waals surface area contributed by atoms with E-state index in [2.05, 4.69) is 6.08 Å². The fraction of sp³-hybridized carbons (Fsp3) is 0.467. The largest absolute Gasteiger partial charge is 0.388 e. The highest BCUT2D eigenvalue weighted by Gasteiger charge is 2.12. The lowest BCUT2D eigenvalue weighted by Gasteiger charge is -2.17. The molecular weight excluding hydrogens is 232 g/mol. The van der Waals surface area contributed by atoms with Crippen molar-refractivity contribution in [3.8, 4) is 0 Å². The third-order valence-corrected chi connectivity index (χ3v) is 3.83. The molecule has 0 saturated heterocycles. The normalized spacial score (nSPS) is 17.7. The molecule has 0 saturated carbocycles. The summed E-state index contributed by atoms with van der Waals surface area (Å²) in [5.41, 5.74) is 3.37. The Morgan fingerprint density at radius 1 is 1.35 bits per heavy atom. The van der Waals surface area contributed by atoms with E-state index in [4.69, 9.17) is 11.6 Å². The second-order valence-electron chi connectivity index (χ2n) is 4.84. The molecule has 17 heavy (non-hydrogen) atoms. The van der Waals surface area contributed by atoms with Gasteiger partial charge >= 0.3 is 0 Å². The molecule has 1 aromatic carbocycles. The van der Waals surface area contributed by atoms with Gasteiger partial charge in [0.2, 0.25) is 0 Å². The summed E-state index contributed by atoms with van der Waals surface area (Å²) in [5.74, 6) is 0. The molecule has 0 amide bonds. The van der Waals surface area contributed by atoms with Gasteiger partial charge in [-0.15, -0.1) is 0 Å². The van der Waals surface area contributed by atoms with Crippen molar-refractivity contribution in [2.24, 2.45) is 0 Å². The van der Waals surface area contributed by atoms with Gasteiger partial charge in [-0.2, -0.15) is 0 Å². The Morgan fingerprint density at radius 3 is 2.82 bits per heavy atom. The van der Waals surface area contributed by atoms with E-state index in [1.807, 2.05) is 25.1 Å². The number of hydrogen-bond donors (Lipinski definition) is 1. The summed E-state index contributed by atoms with van der Waals surface area (Å²) in [6.07, 6.45) is 7.45. The second-order valence-corrected chi connectivity index (χ2v) is 5.24. The van der Waals surface area contributed by atoms with Crippen LogP contribution in [0.4, 0.5) is 0 Å². The zero-order valence-electron chi connectivity index (χ0n) is 10.2. The smallest absolute Gasteiger partial charge is 0.0827 e. The summed E-state index contributed by atoms with van der Waals surface area (Å²) in [6, 6.07) is 5.82. The molecule has 0 heterocycles. The Labute approximate surface area is 108 Å². The van der Waals surface area contributed by atoms with Crippen molar-refractivity contribution in [1.82, 2.24) is 0 Å². The van der Waals surface area contributed by atoms with Crippen molar-refractivity contribution in [2.75, 3.05) is 0 Å². The zero-order valence-corrected chi connectivity index (χ0v) is 11.0. The molecule has 92 valence electrons. The summed E-state index contributed by atoms with van der Waals surface area (Å²) in [4.78, 5) is 0. The van der Waals surface area contributed by atoms with Gasteiger partial charge in [0, 0.05) is 5.02 Å². The van der Waals surface area contributed by atoms with Crippen LogP contribution in [-0.4, -0.2) is 5.11 Å². The fourth-order valence-electron chi connectivity index (χ4n) is 2.27. The number of aliphatic hydroxyl groups excluding tert-OH is 1. The van der Waals surface area contributed by atoms with Crippen LogP contribution in [0.25, 0.3) is 0 Å². The molecule has 0 aliphatic heterocycles. The predicted octanol–water partition coefficient (Wildman–Crippen LogP) is 4.57. The maximum Gasteiger partial charge on any atom is 0.0827 e. The first-order valence-electron chi connectivity index (χ1n) is 6.29. The van der Waals surface area contributed by atoms with Crippen LogP contribution in [-0.2, 0) is 0 Å². The van der Waals surface area contributed by atoms with Crippen LogP contribution in [0.5, 0.6) is 0 Å². The topological polar surface area (TPSA) is 20.2 Å². The fourth-order valence-corrected chi connectivity index (χ4v) is 2.46. The van der Waals surface area contributed by atoms with Gasteiger partial charge in [0.15, 0.2) is 0 Å². The minimum atomic E-state index is -0.419. The van der Waals surface area contributed by atoms with Crippen LogP contribution in [0.3, 0.4) is 0 Å². The summed E-state index contributed by atoms with van der Waals surface area (Å²) >= 11 is 6.07. The predicted molar refractivity (Wildman–Crippen MR) is 72.3 cm³/mol. The highest BCUT2D eigenvalue weighted by atomic mass is 35.5. The molecule has 1 atom stereocenters. The lowest BCUT2D eigenvalue weighted by molar-refractivity contribution is 0.176. The van der Waals surface area contributed by atoms with Gasteiger partial charge in [0.25, 0.3) is 0 Å². The lowest BCUT2D eigenvalue weighted by atomic mass is 9.93. The molecule has 0 spiro atoms. The Morgan fingerprint density at radius 2 is 2.18 bits per heavy atom. The maximum atomic E-state index is 10.2. The summed E-state index contributed by atoms with van der Waals surface area (Å²) < 4.78 is 0. The molecule has 2 heteroatoms. The van der Waals surface area contributed by atoms with E-state index in [0.29, 0.717) is 0 Å². The molecule has 0 bridgehead atoms. The van der Waals surface area contributed by atoms with E-state index in [0.717, 1.165) is 35.4 Å². The Hall–Kier alpha value is -0.790. The van der Waals surface area contributed by atoms with E-state index in [9.17, 15) is 5.11 Å². The molecule has 0 aromatic heterocycles. The SMILES string of the molecule is Cc1ccc(C(O)CC2=CCCCC2)cc1Cl. The van der Waals surface area contributed by atoms with E-state index in [1.165, 1.54) is 18.4 Å². The molecular formula is C15H19ClO. The molecule has 1 unspecified atom stereocenters. The Kier molecular flexibility index (Phi) is 4.25. The number of aliphatic hydroxyl groups is 1. The minimum Gasteiger partial charge on any atom is -0.388 e. The highest BCUT2D eigenvalue weighted by Crippen LogP contribution is 2.29. The van der Waals surface area contributed by atoms with Gasteiger partial charge in [-0.25, -0.2) is 0 Å². The summed E-state index contributed by atoms with van der Waals surface area (Å²) in [6.45, 7) is 1.97. The average molecular weight is 251 g/mol. The van der Waals surface area contributed by atoms with Crippen LogP contribution in [0.15, 0.2) is 29.8 Å². The first-order valence-corrected chi connectivity index (χ1v) is 6.66. The first-order chi connectivity index (χ1) is 8.16. The molecule has 0 fully saturated rings. The highest BCUT2D eigenvalue weighted by molar-refractivity contribution is 6.31. The van der Waals surface area contributed by atoms with Crippen molar-refractivity contribution in [3.63, 3.8) is 0 Å². The van der Waals surface area contributed by atoms with Crippen molar-refractivity contribution >= 4 is 11.6 Å². The van der Waals surface area contributed by atoms with Gasteiger partial charge in [0.1, 0.15) is 0 Å². The number of aryl methyl sites for hydroxylation is 1. The molecule has 1 N–H and O–H groups in total. The molecule has 0 radical (unpaired) electrons. The van der Waals surface area contributed by atoms with Crippen LogP contribution in [0, 0.1) is 6.92 Å².